The lowest BCUT2D eigenvalue weighted by atomic mass is 10.1. The van der Waals surface area contributed by atoms with Crippen molar-refractivity contribution >= 4 is 43.0 Å². The van der Waals surface area contributed by atoms with Gasteiger partial charge in [0, 0.05) is 29.9 Å². The van der Waals surface area contributed by atoms with Crippen LogP contribution in [-0.2, 0) is 14.8 Å². The fourth-order valence-electron chi connectivity index (χ4n) is 2.46. The van der Waals surface area contributed by atoms with Crippen LogP contribution in [0.2, 0.25) is 5.02 Å². The lowest BCUT2D eigenvalue weighted by Crippen LogP contribution is -2.31. The Hall–Kier alpha value is -0.660. The van der Waals surface area contributed by atoms with Gasteiger partial charge in [0.05, 0.1) is 6.61 Å². The van der Waals surface area contributed by atoms with Crippen molar-refractivity contribution in [1.29, 1.82) is 0 Å². The summed E-state index contributed by atoms with van der Waals surface area (Å²) in [5.74, 6) is 0.286. The van der Waals surface area contributed by atoms with Crippen molar-refractivity contribution in [3.05, 3.63) is 29.3 Å². The number of rotatable bonds is 4. The van der Waals surface area contributed by atoms with Crippen LogP contribution in [0.15, 0.2) is 28.5 Å². The second-order valence-electron chi connectivity index (χ2n) is 5.26. The molecule has 7 heteroatoms. The first-order valence-corrected chi connectivity index (χ1v) is 9.33. The van der Waals surface area contributed by atoms with E-state index in [4.69, 9.17) is 16.3 Å². The molecule has 21 heavy (non-hydrogen) atoms. The number of ether oxygens (including phenoxy) is 1. The zero-order chi connectivity index (χ0) is 15.0. The van der Waals surface area contributed by atoms with Crippen molar-refractivity contribution in [2.75, 3.05) is 26.8 Å². The summed E-state index contributed by atoms with van der Waals surface area (Å²) in [6.07, 6.45) is 0.919. The molecule has 0 unspecified atom stereocenters. The highest BCUT2D eigenvalue weighted by Crippen LogP contribution is 2.32. The van der Waals surface area contributed by atoms with E-state index in [2.05, 4.69) is 0 Å². The van der Waals surface area contributed by atoms with Gasteiger partial charge in [-0.05, 0) is 42.0 Å². The average molecular weight is 346 g/mol. The predicted octanol–water partition coefficient (Wildman–Crippen LogP) is 3.21. The third-order valence-electron chi connectivity index (χ3n) is 3.66. The molecule has 1 fully saturated rings. The highest BCUT2D eigenvalue weighted by Gasteiger charge is 2.27. The Kier molecular flexibility index (Phi) is 4.25. The summed E-state index contributed by atoms with van der Waals surface area (Å²) in [5, 5.41) is 1.48. The Balaban J connectivity index is 1.87. The van der Waals surface area contributed by atoms with Crippen molar-refractivity contribution in [3.8, 4) is 0 Å². The zero-order valence-electron chi connectivity index (χ0n) is 11.6. The molecule has 0 bridgehead atoms. The van der Waals surface area contributed by atoms with Crippen molar-refractivity contribution in [3.63, 3.8) is 0 Å². The van der Waals surface area contributed by atoms with Crippen molar-refractivity contribution in [2.45, 2.75) is 10.6 Å². The summed E-state index contributed by atoms with van der Waals surface area (Å²) < 4.78 is 33.3. The van der Waals surface area contributed by atoms with E-state index >= 15 is 0 Å². The lowest BCUT2D eigenvalue weighted by molar-refractivity contribution is 0.182. The molecule has 1 atom stereocenters. The maximum Gasteiger partial charge on any atom is 0.252 e. The van der Waals surface area contributed by atoms with Crippen molar-refractivity contribution < 1.29 is 13.2 Å². The summed E-state index contributed by atoms with van der Waals surface area (Å²) in [6, 6.07) is 7.11. The third kappa shape index (κ3) is 3.10. The number of halogens is 1. The molecule has 0 radical (unpaired) electrons. The molecule has 114 valence electrons. The largest absolute Gasteiger partial charge is 0.381 e. The Morgan fingerprint density at radius 1 is 1.43 bits per heavy atom. The normalized spacial score (nSPS) is 19.7. The van der Waals surface area contributed by atoms with Gasteiger partial charge >= 0.3 is 0 Å². The first-order valence-electron chi connectivity index (χ1n) is 6.70. The lowest BCUT2D eigenvalue weighted by Gasteiger charge is -2.19. The number of nitrogens with zero attached hydrogens (tertiary/aromatic N) is 1. The third-order valence-corrected chi connectivity index (χ3v) is 7.28. The molecule has 1 aromatic carbocycles. The molecule has 1 aliphatic heterocycles. The van der Waals surface area contributed by atoms with E-state index in [-0.39, 0.29) is 5.92 Å². The van der Waals surface area contributed by atoms with E-state index in [1.807, 2.05) is 6.07 Å². The van der Waals surface area contributed by atoms with Gasteiger partial charge in [-0.25, -0.2) is 8.42 Å². The first kappa shape index (κ1) is 15.2. The van der Waals surface area contributed by atoms with Crippen LogP contribution < -0.4 is 0 Å². The van der Waals surface area contributed by atoms with E-state index < -0.39 is 10.0 Å². The number of hydrogen-bond donors (Lipinski definition) is 0. The van der Waals surface area contributed by atoms with E-state index in [1.165, 1.54) is 15.6 Å². The smallest absolute Gasteiger partial charge is 0.252 e. The van der Waals surface area contributed by atoms with Gasteiger partial charge in [-0.1, -0.05) is 11.6 Å². The van der Waals surface area contributed by atoms with Gasteiger partial charge in [0.2, 0.25) is 0 Å². The molecule has 0 saturated carbocycles. The fourth-order valence-corrected chi connectivity index (χ4v) is 5.48. The molecule has 0 aliphatic carbocycles. The second kappa shape index (κ2) is 5.85. The Morgan fingerprint density at radius 3 is 2.95 bits per heavy atom. The number of thiophene rings is 1. The molecule has 3 rings (SSSR count). The minimum atomic E-state index is -3.45. The number of fused-ring (bicyclic) bond motifs is 1. The standard InChI is InChI=1S/C14H16ClNO3S2/c1-16(8-10-4-5-19-9-10)21(17,18)14-7-11-6-12(15)2-3-13(11)20-14/h2-3,6-7,10H,4-5,8-9H2,1H3/t10-/m0/s1. The Morgan fingerprint density at radius 2 is 2.24 bits per heavy atom. The van der Waals surface area contributed by atoms with E-state index in [0.717, 1.165) is 23.1 Å². The molecule has 0 N–H and O–H groups in total. The number of hydrogen-bond acceptors (Lipinski definition) is 4. The molecule has 1 saturated heterocycles. The van der Waals surface area contributed by atoms with Crippen LogP contribution in [0.5, 0.6) is 0 Å². The minimum absolute atomic E-state index is 0.286. The molecule has 0 spiro atoms. The molecule has 2 heterocycles. The summed E-state index contributed by atoms with van der Waals surface area (Å²) in [4.78, 5) is 0. The van der Waals surface area contributed by atoms with Gasteiger partial charge in [-0.3, -0.25) is 0 Å². The van der Waals surface area contributed by atoms with E-state index in [9.17, 15) is 8.42 Å². The van der Waals surface area contributed by atoms with Crippen molar-refractivity contribution in [1.82, 2.24) is 4.31 Å². The minimum Gasteiger partial charge on any atom is -0.381 e. The van der Waals surface area contributed by atoms with Crippen LogP contribution in [0.25, 0.3) is 10.1 Å². The van der Waals surface area contributed by atoms with Gasteiger partial charge in [0.15, 0.2) is 0 Å². The fraction of sp³-hybridized carbons (Fsp3) is 0.429. The van der Waals surface area contributed by atoms with Crippen LogP contribution in [0, 0.1) is 5.92 Å². The van der Waals surface area contributed by atoms with Gasteiger partial charge in [0.25, 0.3) is 10.0 Å². The maximum atomic E-state index is 12.6. The topological polar surface area (TPSA) is 46.6 Å². The summed E-state index contributed by atoms with van der Waals surface area (Å²) in [5.41, 5.74) is 0. The maximum absolute atomic E-state index is 12.6. The van der Waals surface area contributed by atoms with E-state index in [0.29, 0.717) is 22.4 Å². The monoisotopic (exact) mass is 345 g/mol. The van der Waals surface area contributed by atoms with Gasteiger partial charge in [-0.15, -0.1) is 11.3 Å². The summed E-state index contributed by atoms with van der Waals surface area (Å²) >= 11 is 7.23. The highest BCUT2D eigenvalue weighted by molar-refractivity contribution is 7.91. The van der Waals surface area contributed by atoms with Gasteiger partial charge < -0.3 is 4.74 Å². The highest BCUT2D eigenvalue weighted by atomic mass is 35.5. The Bertz CT molecular complexity index is 751. The molecule has 1 aliphatic rings. The second-order valence-corrected chi connectivity index (χ2v) is 9.05. The summed E-state index contributed by atoms with van der Waals surface area (Å²) in [6.45, 7) is 1.86. The molecular formula is C14H16ClNO3S2. The molecule has 4 nitrogen and oxygen atoms in total. The summed E-state index contributed by atoms with van der Waals surface area (Å²) in [7, 11) is -1.82. The zero-order valence-corrected chi connectivity index (χ0v) is 14.0. The van der Waals surface area contributed by atoms with Crippen LogP contribution >= 0.6 is 22.9 Å². The van der Waals surface area contributed by atoms with Crippen LogP contribution in [0.3, 0.4) is 0 Å². The quantitative estimate of drug-likeness (QED) is 0.854. The predicted molar refractivity (Wildman–Crippen MR) is 85.6 cm³/mol. The SMILES string of the molecule is CN(C[C@@H]1CCOC1)S(=O)(=O)c1cc2cc(Cl)ccc2s1. The average Bonchev–Trinajstić information content (AvgIpc) is 3.07. The van der Waals surface area contributed by atoms with Gasteiger partial charge in [0.1, 0.15) is 4.21 Å². The molecule has 0 amide bonds. The van der Waals surface area contributed by atoms with Crippen LogP contribution in [-0.4, -0.2) is 39.5 Å². The first-order chi connectivity index (χ1) is 9.96. The molecule has 2 aromatic rings. The van der Waals surface area contributed by atoms with Gasteiger partial charge in [-0.2, -0.15) is 4.31 Å². The molecule has 1 aromatic heterocycles. The Labute approximate surface area is 133 Å². The van der Waals surface area contributed by atoms with Crippen LogP contribution in [0.4, 0.5) is 0 Å². The molecular weight excluding hydrogens is 330 g/mol. The number of benzene rings is 1. The number of sulfonamides is 1. The van der Waals surface area contributed by atoms with E-state index in [1.54, 1.807) is 25.2 Å². The van der Waals surface area contributed by atoms with Crippen LogP contribution in [0.1, 0.15) is 6.42 Å². The van der Waals surface area contributed by atoms with Crippen molar-refractivity contribution in [2.24, 2.45) is 5.92 Å².